The molecular weight excluding hydrogens is 335 g/mol. The molecule has 1 nitrogen and oxygen atoms in total. The molecule has 24 heavy (non-hydrogen) atoms. The van der Waals surface area contributed by atoms with Crippen molar-refractivity contribution in [2.45, 2.75) is 13.0 Å². The van der Waals surface area contributed by atoms with Crippen LogP contribution >= 0.6 is 17.2 Å². The summed E-state index contributed by atoms with van der Waals surface area (Å²) in [4.78, 5) is 0. The predicted octanol–water partition coefficient (Wildman–Crippen LogP) is 4.05. The van der Waals surface area contributed by atoms with Gasteiger partial charge in [-0.15, -0.1) is 0 Å². The number of halogens is 1. The van der Waals surface area contributed by atoms with E-state index in [1.54, 1.807) is 0 Å². The Labute approximate surface area is 148 Å². The van der Waals surface area contributed by atoms with E-state index >= 15 is 0 Å². The fraction of sp³-hybridized carbons (Fsp3) is 0.143. The molecule has 0 radical (unpaired) electrons. The van der Waals surface area contributed by atoms with Crippen LogP contribution in [-0.4, -0.2) is 17.4 Å². The topological polar surface area (TPSA) is 20.2 Å². The van der Waals surface area contributed by atoms with Crippen molar-refractivity contribution in [2.24, 2.45) is 0 Å². The first kappa shape index (κ1) is 17.2. The third kappa shape index (κ3) is 2.78. The Morgan fingerprint density at radius 1 is 0.708 bits per heavy atom. The third-order valence-corrected chi connectivity index (χ3v) is 12.0. The van der Waals surface area contributed by atoms with Crippen LogP contribution in [0.1, 0.15) is 6.92 Å². The molecule has 0 heterocycles. The number of benzene rings is 3. The summed E-state index contributed by atoms with van der Waals surface area (Å²) in [6, 6.07) is 30.7. The van der Waals surface area contributed by atoms with E-state index in [1.165, 1.54) is 0 Å². The van der Waals surface area contributed by atoms with Gasteiger partial charge in [0.15, 0.2) is 0 Å². The Morgan fingerprint density at radius 2 is 1.00 bits per heavy atom. The summed E-state index contributed by atoms with van der Waals surface area (Å²) < 4.78 is 0. The zero-order chi connectivity index (χ0) is 17.1. The molecule has 1 unspecified atom stereocenters. The van der Waals surface area contributed by atoms with Gasteiger partial charge >= 0.3 is 148 Å². The van der Waals surface area contributed by atoms with Gasteiger partial charge in [-0.3, -0.25) is 0 Å². The number of aliphatic hydroxyl groups excluding tert-OH is 1. The molecule has 3 aromatic rings. The molecule has 0 aliphatic carbocycles. The van der Waals surface area contributed by atoms with Crippen molar-refractivity contribution >= 4 is 33.1 Å². The van der Waals surface area contributed by atoms with Gasteiger partial charge in [-0.1, -0.05) is 0 Å². The van der Waals surface area contributed by atoms with E-state index in [1.807, 2.05) is 61.5 Å². The van der Waals surface area contributed by atoms with Crippen molar-refractivity contribution in [1.29, 1.82) is 0 Å². The monoisotopic (exact) mass is 356 g/mol. The molecule has 124 valence electrons. The summed E-state index contributed by atoms with van der Waals surface area (Å²) in [5.41, 5.74) is 0. The van der Waals surface area contributed by atoms with E-state index in [2.05, 4.69) is 36.4 Å². The van der Waals surface area contributed by atoms with E-state index in [9.17, 15) is 5.11 Å². The van der Waals surface area contributed by atoms with Crippen LogP contribution in [-0.2, 0) is 0 Å². The van der Waals surface area contributed by atoms with Gasteiger partial charge in [0.05, 0.1) is 0 Å². The Morgan fingerprint density at radius 3 is 1.25 bits per heavy atom. The molecule has 0 bridgehead atoms. The standard InChI is InChI=1S/C21H22ClOP/c1-18(23)17-24(22,19-11-5-2-6-12-19,20-13-7-3-8-14-20)21-15-9-4-10-16-21/h2-16,18,23H,17H2,1H3. The van der Waals surface area contributed by atoms with Gasteiger partial charge in [0.2, 0.25) is 0 Å². The molecule has 0 aliphatic rings. The Hall–Kier alpha value is -1.66. The summed E-state index contributed by atoms with van der Waals surface area (Å²) in [7, 11) is 0. The van der Waals surface area contributed by atoms with Crippen LogP contribution in [0, 0.1) is 0 Å². The second-order valence-corrected chi connectivity index (χ2v) is 12.7. The fourth-order valence-electron chi connectivity index (χ4n) is 3.48. The van der Waals surface area contributed by atoms with Crippen LogP contribution in [0.4, 0.5) is 0 Å². The molecule has 0 saturated carbocycles. The van der Waals surface area contributed by atoms with Gasteiger partial charge in [-0.2, -0.15) is 0 Å². The van der Waals surface area contributed by atoms with Crippen molar-refractivity contribution in [3.8, 4) is 0 Å². The van der Waals surface area contributed by atoms with Gasteiger partial charge in [0.25, 0.3) is 0 Å². The van der Waals surface area contributed by atoms with Gasteiger partial charge in [-0.05, 0) is 0 Å². The van der Waals surface area contributed by atoms with Crippen molar-refractivity contribution in [3.63, 3.8) is 0 Å². The first-order chi connectivity index (χ1) is 11.6. The van der Waals surface area contributed by atoms with E-state index in [0.717, 1.165) is 15.9 Å². The molecule has 0 spiro atoms. The van der Waals surface area contributed by atoms with Crippen LogP contribution in [0.5, 0.6) is 0 Å². The van der Waals surface area contributed by atoms with Gasteiger partial charge < -0.3 is 0 Å². The quantitative estimate of drug-likeness (QED) is 0.684. The fourth-order valence-corrected chi connectivity index (χ4v) is 9.99. The average Bonchev–Trinajstić information content (AvgIpc) is 2.63. The van der Waals surface area contributed by atoms with Crippen LogP contribution in [0.15, 0.2) is 91.0 Å². The van der Waals surface area contributed by atoms with E-state index < -0.39 is 12.1 Å². The summed E-state index contributed by atoms with van der Waals surface area (Å²) in [6.45, 7) is 1.82. The molecule has 3 rings (SSSR count). The second-order valence-electron chi connectivity index (χ2n) is 6.22. The Bertz CT molecular complexity index is 688. The number of hydrogen-bond acceptors (Lipinski definition) is 1. The first-order valence-electron chi connectivity index (χ1n) is 8.13. The average molecular weight is 357 g/mol. The maximum absolute atomic E-state index is 10.4. The predicted molar refractivity (Wildman–Crippen MR) is 108 cm³/mol. The number of aliphatic hydroxyl groups is 1. The summed E-state index contributed by atoms with van der Waals surface area (Å²) in [5, 5.41) is 13.6. The normalized spacial score (nSPS) is 14.5. The Balaban J connectivity index is 2.42. The van der Waals surface area contributed by atoms with E-state index in [-0.39, 0.29) is 0 Å². The van der Waals surface area contributed by atoms with Gasteiger partial charge in [0, 0.05) is 0 Å². The minimum atomic E-state index is -3.27. The third-order valence-electron chi connectivity index (χ3n) is 4.49. The van der Waals surface area contributed by atoms with Crippen molar-refractivity contribution in [2.75, 3.05) is 6.16 Å². The van der Waals surface area contributed by atoms with Crippen molar-refractivity contribution in [3.05, 3.63) is 91.0 Å². The van der Waals surface area contributed by atoms with Gasteiger partial charge in [0.1, 0.15) is 0 Å². The van der Waals surface area contributed by atoms with E-state index in [0.29, 0.717) is 6.16 Å². The molecule has 0 saturated heterocycles. The minimum absolute atomic E-state index is 0.505. The zero-order valence-electron chi connectivity index (χ0n) is 13.7. The van der Waals surface area contributed by atoms with Crippen LogP contribution < -0.4 is 15.9 Å². The van der Waals surface area contributed by atoms with Crippen molar-refractivity contribution in [1.82, 2.24) is 0 Å². The molecule has 3 heteroatoms. The summed E-state index contributed by atoms with van der Waals surface area (Å²) in [5.74, 6) is -3.27. The Kier molecular flexibility index (Phi) is 4.78. The number of hydrogen-bond donors (Lipinski definition) is 1. The molecule has 3 aromatic carbocycles. The van der Waals surface area contributed by atoms with E-state index in [4.69, 9.17) is 11.2 Å². The number of rotatable bonds is 5. The first-order valence-corrected chi connectivity index (χ1v) is 11.5. The molecule has 0 aromatic heterocycles. The zero-order valence-corrected chi connectivity index (χ0v) is 15.4. The van der Waals surface area contributed by atoms with Crippen molar-refractivity contribution < 1.29 is 5.11 Å². The molecule has 1 N–H and O–H groups in total. The van der Waals surface area contributed by atoms with Crippen LogP contribution in [0.3, 0.4) is 0 Å². The second kappa shape index (κ2) is 6.69. The molecule has 0 fully saturated rings. The van der Waals surface area contributed by atoms with Crippen LogP contribution in [0.2, 0.25) is 0 Å². The maximum atomic E-state index is 10.4. The molecular formula is C21H22ClOP. The molecule has 0 aliphatic heterocycles. The SMILES string of the molecule is CC(O)CP(Cl)(c1ccccc1)(c1ccccc1)c1ccccc1. The molecule has 1 atom stereocenters. The van der Waals surface area contributed by atoms with Crippen LogP contribution in [0.25, 0.3) is 0 Å². The summed E-state index contributed by atoms with van der Waals surface area (Å²) in [6.07, 6.45) is -0.00801. The molecule has 0 amide bonds. The summed E-state index contributed by atoms with van der Waals surface area (Å²) >= 11 is 7.74. The van der Waals surface area contributed by atoms with Gasteiger partial charge in [-0.25, -0.2) is 0 Å².